The average Bonchev–Trinajstić information content (AvgIpc) is 2.35. The minimum Gasteiger partial charge on any atom is -0.482 e. The van der Waals surface area contributed by atoms with Gasteiger partial charge in [-0.1, -0.05) is 6.07 Å². The highest BCUT2D eigenvalue weighted by Gasteiger charge is 2.10. The van der Waals surface area contributed by atoms with E-state index in [0.717, 1.165) is 27.0 Å². The molecule has 2 aromatic rings. The number of ether oxygens (including phenoxy) is 1. The highest BCUT2D eigenvalue weighted by atomic mass is 79.9. The zero-order valence-corrected chi connectivity index (χ0v) is 14.6. The van der Waals surface area contributed by atoms with E-state index in [1.54, 1.807) is 0 Å². The molecule has 0 saturated heterocycles. The largest absolute Gasteiger partial charge is 0.482 e. The Bertz CT molecular complexity index is 673. The Morgan fingerprint density at radius 3 is 2.36 bits per heavy atom. The van der Waals surface area contributed by atoms with Gasteiger partial charge < -0.3 is 4.74 Å². The van der Waals surface area contributed by atoms with E-state index in [2.05, 4.69) is 31.2 Å². The van der Waals surface area contributed by atoms with E-state index in [1.807, 2.05) is 45.9 Å². The number of nitrogens with zero attached hydrogens (tertiary/aromatic N) is 2. The van der Waals surface area contributed by atoms with Gasteiger partial charge in [0, 0.05) is 11.4 Å². The molecule has 5 nitrogen and oxygen atoms in total. The van der Waals surface area contributed by atoms with Gasteiger partial charge in [-0.2, -0.15) is 0 Å². The molecule has 0 aliphatic carbocycles. The van der Waals surface area contributed by atoms with Crippen LogP contribution in [0.15, 0.2) is 22.7 Å². The number of carbonyl (C=O) groups is 1. The summed E-state index contributed by atoms with van der Waals surface area (Å²) in [6.45, 7) is 7.56. The fourth-order valence-corrected chi connectivity index (χ4v) is 2.95. The SMILES string of the molecule is Cc1cc(C)c(OCC(=O)Nc2nc(C)cc(C)n2)c(Br)c1. The van der Waals surface area contributed by atoms with Crippen molar-refractivity contribution in [2.24, 2.45) is 0 Å². The maximum atomic E-state index is 12.0. The molecule has 0 atom stereocenters. The summed E-state index contributed by atoms with van der Waals surface area (Å²) in [5.41, 5.74) is 3.72. The summed E-state index contributed by atoms with van der Waals surface area (Å²) in [6.07, 6.45) is 0. The third-order valence-electron chi connectivity index (χ3n) is 2.95. The average molecular weight is 364 g/mol. The number of anilines is 1. The standard InChI is InChI=1S/C16H18BrN3O2/c1-9-5-10(2)15(13(17)6-9)22-8-14(21)20-16-18-11(3)7-12(4)19-16/h5-7H,8H2,1-4H3,(H,18,19,20,21). The van der Waals surface area contributed by atoms with Crippen molar-refractivity contribution in [2.45, 2.75) is 27.7 Å². The number of aryl methyl sites for hydroxylation is 4. The maximum Gasteiger partial charge on any atom is 0.264 e. The quantitative estimate of drug-likeness (QED) is 0.902. The molecule has 0 bridgehead atoms. The predicted molar refractivity (Wildman–Crippen MR) is 89.2 cm³/mol. The zero-order valence-electron chi connectivity index (χ0n) is 13.0. The molecule has 0 radical (unpaired) electrons. The number of hydrogen-bond donors (Lipinski definition) is 1. The number of hydrogen-bond acceptors (Lipinski definition) is 4. The topological polar surface area (TPSA) is 64.1 Å². The van der Waals surface area contributed by atoms with Gasteiger partial charge in [0.05, 0.1) is 4.47 Å². The van der Waals surface area contributed by atoms with Crippen molar-refractivity contribution in [3.63, 3.8) is 0 Å². The molecule has 0 unspecified atom stereocenters. The van der Waals surface area contributed by atoms with E-state index in [4.69, 9.17) is 4.74 Å². The minimum absolute atomic E-state index is 0.0984. The van der Waals surface area contributed by atoms with E-state index in [9.17, 15) is 4.79 Å². The molecule has 2 rings (SSSR count). The number of benzene rings is 1. The molecule has 1 heterocycles. The van der Waals surface area contributed by atoms with Crippen LogP contribution in [0.5, 0.6) is 5.75 Å². The van der Waals surface area contributed by atoms with E-state index in [-0.39, 0.29) is 12.5 Å². The smallest absolute Gasteiger partial charge is 0.264 e. The number of nitrogens with one attached hydrogen (secondary N) is 1. The lowest BCUT2D eigenvalue weighted by molar-refractivity contribution is -0.118. The van der Waals surface area contributed by atoms with Crippen LogP contribution in [0, 0.1) is 27.7 Å². The van der Waals surface area contributed by atoms with Gasteiger partial charge in [-0.05, 0) is 66.9 Å². The molecule has 1 N–H and O–H groups in total. The highest BCUT2D eigenvalue weighted by molar-refractivity contribution is 9.10. The third kappa shape index (κ3) is 4.27. The Morgan fingerprint density at radius 2 is 1.77 bits per heavy atom. The number of aromatic nitrogens is 2. The summed E-state index contributed by atoms with van der Waals surface area (Å²) < 4.78 is 6.44. The van der Waals surface area contributed by atoms with Crippen LogP contribution in [0.2, 0.25) is 0 Å². The number of amides is 1. The van der Waals surface area contributed by atoms with Crippen LogP contribution in [0.3, 0.4) is 0 Å². The van der Waals surface area contributed by atoms with Crippen molar-refractivity contribution in [3.8, 4) is 5.75 Å². The van der Waals surface area contributed by atoms with E-state index in [1.165, 1.54) is 0 Å². The van der Waals surface area contributed by atoms with Crippen molar-refractivity contribution in [1.82, 2.24) is 9.97 Å². The molecule has 1 aromatic heterocycles. The zero-order chi connectivity index (χ0) is 16.3. The Labute approximate surface area is 138 Å². The normalized spacial score (nSPS) is 10.4. The molecule has 0 saturated carbocycles. The van der Waals surface area contributed by atoms with Crippen molar-refractivity contribution >= 4 is 27.8 Å². The van der Waals surface area contributed by atoms with Crippen LogP contribution >= 0.6 is 15.9 Å². The van der Waals surface area contributed by atoms with Crippen molar-refractivity contribution in [3.05, 3.63) is 45.2 Å². The molecule has 116 valence electrons. The molecule has 1 amide bonds. The second-order valence-corrected chi connectivity index (χ2v) is 6.06. The predicted octanol–water partition coefficient (Wildman–Crippen LogP) is 3.49. The third-order valence-corrected chi connectivity index (χ3v) is 3.54. The molecular formula is C16H18BrN3O2. The van der Waals surface area contributed by atoms with Crippen molar-refractivity contribution in [1.29, 1.82) is 0 Å². The first-order valence-corrected chi connectivity index (χ1v) is 7.66. The Morgan fingerprint density at radius 1 is 1.14 bits per heavy atom. The monoisotopic (exact) mass is 363 g/mol. The molecule has 1 aromatic carbocycles. The van der Waals surface area contributed by atoms with Gasteiger partial charge in [0.2, 0.25) is 5.95 Å². The summed E-state index contributed by atoms with van der Waals surface area (Å²) >= 11 is 3.45. The molecule has 0 spiro atoms. The fourth-order valence-electron chi connectivity index (χ4n) is 2.17. The van der Waals surface area contributed by atoms with Crippen LogP contribution in [0.4, 0.5) is 5.95 Å². The van der Waals surface area contributed by atoms with Crippen LogP contribution in [-0.4, -0.2) is 22.5 Å². The highest BCUT2D eigenvalue weighted by Crippen LogP contribution is 2.30. The van der Waals surface area contributed by atoms with Gasteiger partial charge in [0.15, 0.2) is 6.61 Å². The lowest BCUT2D eigenvalue weighted by Crippen LogP contribution is -2.22. The first kappa shape index (κ1) is 16.4. The van der Waals surface area contributed by atoms with Gasteiger partial charge >= 0.3 is 0 Å². The number of halogens is 1. The minimum atomic E-state index is -0.295. The van der Waals surface area contributed by atoms with Gasteiger partial charge in [-0.3, -0.25) is 10.1 Å². The molecule has 0 aliphatic heterocycles. The van der Waals surface area contributed by atoms with Crippen LogP contribution in [-0.2, 0) is 4.79 Å². The Balaban J connectivity index is 2.01. The number of carbonyl (C=O) groups excluding carboxylic acids is 1. The van der Waals surface area contributed by atoms with E-state index in [0.29, 0.717) is 11.7 Å². The van der Waals surface area contributed by atoms with Crippen LogP contribution < -0.4 is 10.1 Å². The first-order valence-electron chi connectivity index (χ1n) is 6.87. The fraction of sp³-hybridized carbons (Fsp3) is 0.312. The summed E-state index contributed by atoms with van der Waals surface area (Å²) in [4.78, 5) is 20.3. The molecule has 0 fully saturated rings. The first-order chi connectivity index (χ1) is 10.3. The van der Waals surface area contributed by atoms with Crippen LogP contribution in [0.1, 0.15) is 22.5 Å². The maximum absolute atomic E-state index is 12.0. The lowest BCUT2D eigenvalue weighted by Gasteiger charge is -2.12. The molecule has 6 heteroatoms. The van der Waals surface area contributed by atoms with E-state index >= 15 is 0 Å². The summed E-state index contributed by atoms with van der Waals surface area (Å²) in [5, 5.41) is 2.64. The second-order valence-electron chi connectivity index (χ2n) is 5.20. The molecule has 0 aliphatic rings. The Kier molecular flexibility index (Phi) is 5.13. The lowest BCUT2D eigenvalue weighted by atomic mass is 10.1. The summed E-state index contributed by atoms with van der Waals surface area (Å²) in [5.74, 6) is 0.671. The second kappa shape index (κ2) is 6.87. The van der Waals surface area contributed by atoms with Crippen molar-refractivity contribution < 1.29 is 9.53 Å². The molecule has 22 heavy (non-hydrogen) atoms. The van der Waals surface area contributed by atoms with Gasteiger partial charge in [-0.25, -0.2) is 9.97 Å². The van der Waals surface area contributed by atoms with Crippen molar-refractivity contribution in [2.75, 3.05) is 11.9 Å². The van der Waals surface area contributed by atoms with Crippen LogP contribution in [0.25, 0.3) is 0 Å². The molecular weight excluding hydrogens is 346 g/mol. The summed E-state index contributed by atoms with van der Waals surface area (Å²) in [6, 6.07) is 5.80. The Hall–Kier alpha value is -1.95. The van der Waals surface area contributed by atoms with E-state index < -0.39 is 0 Å². The van der Waals surface area contributed by atoms with Gasteiger partial charge in [-0.15, -0.1) is 0 Å². The van der Waals surface area contributed by atoms with Gasteiger partial charge in [0.25, 0.3) is 5.91 Å². The summed E-state index contributed by atoms with van der Waals surface area (Å²) in [7, 11) is 0. The van der Waals surface area contributed by atoms with Gasteiger partial charge in [0.1, 0.15) is 5.75 Å². The number of rotatable bonds is 4.